The molecule has 1 aliphatic carbocycles. The number of piperazine rings is 1. The molecule has 1 saturated heterocycles. The standard InChI is InChI=1S/C19H26BrN3O4/c1-12(18(24)21-14-4-5-14)22-6-8-23(9-7-22)19(25)13-10-15(26-2)17(20)16(11-13)27-3/h10-12,14H,4-9H2,1-3H3,(H,21,24). The number of carbonyl (C=O) groups excluding carboxylic acids is 2. The molecule has 1 aromatic rings. The molecule has 1 unspecified atom stereocenters. The summed E-state index contributed by atoms with van der Waals surface area (Å²) in [5.41, 5.74) is 0.528. The van der Waals surface area contributed by atoms with Crippen LogP contribution in [-0.2, 0) is 4.79 Å². The molecule has 0 spiro atoms. The van der Waals surface area contributed by atoms with Gasteiger partial charge in [0.05, 0.1) is 20.3 Å². The highest BCUT2D eigenvalue weighted by molar-refractivity contribution is 9.10. The minimum Gasteiger partial charge on any atom is -0.495 e. The number of hydrogen-bond acceptors (Lipinski definition) is 5. The average molecular weight is 440 g/mol. The molecule has 0 bridgehead atoms. The van der Waals surface area contributed by atoms with E-state index in [4.69, 9.17) is 9.47 Å². The summed E-state index contributed by atoms with van der Waals surface area (Å²) in [5, 5.41) is 3.05. The van der Waals surface area contributed by atoms with Gasteiger partial charge < -0.3 is 19.7 Å². The molecule has 8 heteroatoms. The van der Waals surface area contributed by atoms with Crippen LogP contribution in [0.4, 0.5) is 0 Å². The minimum absolute atomic E-state index is 0.0613. The molecule has 7 nitrogen and oxygen atoms in total. The van der Waals surface area contributed by atoms with Gasteiger partial charge in [-0.3, -0.25) is 14.5 Å². The summed E-state index contributed by atoms with van der Waals surface area (Å²) >= 11 is 3.42. The highest BCUT2D eigenvalue weighted by Gasteiger charge is 2.31. The molecule has 2 amide bonds. The van der Waals surface area contributed by atoms with Crippen LogP contribution in [0.15, 0.2) is 16.6 Å². The molecule has 1 heterocycles. The van der Waals surface area contributed by atoms with Crippen molar-refractivity contribution in [1.82, 2.24) is 15.1 Å². The van der Waals surface area contributed by atoms with Crippen LogP contribution in [0.5, 0.6) is 11.5 Å². The average Bonchev–Trinajstić information content (AvgIpc) is 3.51. The molecule has 0 aromatic heterocycles. The number of halogens is 1. The van der Waals surface area contributed by atoms with Crippen molar-refractivity contribution in [3.8, 4) is 11.5 Å². The molecular weight excluding hydrogens is 414 g/mol. The first-order chi connectivity index (χ1) is 12.9. The Hall–Kier alpha value is -1.80. The van der Waals surface area contributed by atoms with Gasteiger partial charge >= 0.3 is 0 Å². The Labute approximate surface area is 168 Å². The Kier molecular flexibility index (Phi) is 6.26. The van der Waals surface area contributed by atoms with Crippen LogP contribution in [0.2, 0.25) is 0 Å². The van der Waals surface area contributed by atoms with Crippen LogP contribution in [0, 0.1) is 0 Å². The molecule has 3 rings (SSSR count). The Balaban J connectivity index is 1.62. The van der Waals surface area contributed by atoms with Crippen molar-refractivity contribution < 1.29 is 19.1 Å². The Bertz CT molecular complexity index is 690. The van der Waals surface area contributed by atoms with Gasteiger partial charge in [-0.15, -0.1) is 0 Å². The molecule has 1 atom stereocenters. The second-order valence-electron chi connectivity index (χ2n) is 6.98. The first-order valence-electron chi connectivity index (χ1n) is 9.19. The lowest BCUT2D eigenvalue weighted by Crippen LogP contribution is -2.55. The summed E-state index contributed by atoms with van der Waals surface area (Å²) in [6, 6.07) is 3.63. The highest BCUT2D eigenvalue weighted by Crippen LogP contribution is 2.36. The van der Waals surface area contributed by atoms with E-state index in [1.807, 2.05) is 11.8 Å². The van der Waals surface area contributed by atoms with Gasteiger partial charge in [0.25, 0.3) is 5.91 Å². The zero-order valence-electron chi connectivity index (χ0n) is 16.0. The van der Waals surface area contributed by atoms with E-state index in [-0.39, 0.29) is 17.9 Å². The number of nitrogens with zero attached hydrogens (tertiary/aromatic N) is 2. The van der Waals surface area contributed by atoms with Crippen molar-refractivity contribution in [2.75, 3.05) is 40.4 Å². The van der Waals surface area contributed by atoms with E-state index in [2.05, 4.69) is 26.1 Å². The van der Waals surface area contributed by atoms with Crippen LogP contribution < -0.4 is 14.8 Å². The van der Waals surface area contributed by atoms with Crippen LogP contribution in [0.25, 0.3) is 0 Å². The van der Waals surface area contributed by atoms with E-state index in [1.54, 1.807) is 26.4 Å². The fourth-order valence-corrected chi connectivity index (χ4v) is 3.76. The third-order valence-electron chi connectivity index (χ3n) is 5.15. The van der Waals surface area contributed by atoms with E-state index in [9.17, 15) is 9.59 Å². The van der Waals surface area contributed by atoms with Gasteiger partial charge in [0.15, 0.2) is 0 Å². The molecule has 0 radical (unpaired) electrons. The van der Waals surface area contributed by atoms with Crippen molar-refractivity contribution in [1.29, 1.82) is 0 Å². The summed E-state index contributed by atoms with van der Waals surface area (Å²) in [7, 11) is 3.11. The molecular formula is C19H26BrN3O4. The molecule has 1 aliphatic heterocycles. The van der Waals surface area contributed by atoms with E-state index in [1.165, 1.54) is 0 Å². The van der Waals surface area contributed by atoms with Gasteiger partial charge in [-0.25, -0.2) is 0 Å². The first kappa shape index (κ1) is 19.9. The van der Waals surface area contributed by atoms with E-state index >= 15 is 0 Å². The largest absolute Gasteiger partial charge is 0.495 e. The number of hydrogen-bond donors (Lipinski definition) is 1. The zero-order valence-corrected chi connectivity index (χ0v) is 17.5. The molecule has 148 valence electrons. The SMILES string of the molecule is COc1cc(C(=O)N2CCN(C(C)C(=O)NC3CC3)CC2)cc(OC)c1Br. The number of benzene rings is 1. The Morgan fingerprint density at radius 2 is 1.67 bits per heavy atom. The van der Waals surface area contributed by atoms with Crippen molar-refractivity contribution >= 4 is 27.7 Å². The number of nitrogens with one attached hydrogen (secondary N) is 1. The lowest BCUT2D eigenvalue weighted by Gasteiger charge is -2.37. The number of methoxy groups -OCH3 is 2. The number of amides is 2. The molecule has 1 N–H and O–H groups in total. The van der Waals surface area contributed by atoms with Gasteiger partial charge in [-0.05, 0) is 47.8 Å². The Morgan fingerprint density at radius 3 is 2.15 bits per heavy atom. The summed E-state index contributed by atoms with van der Waals surface area (Å²) in [5.74, 6) is 1.14. The van der Waals surface area contributed by atoms with Gasteiger partial charge in [0.1, 0.15) is 16.0 Å². The van der Waals surface area contributed by atoms with Crippen molar-refractivity contribution in [2.24, 2.45) is 0 Å². The maximum Gasteiger partial charge on any atom is 0.254 e. The zero-order chi connectivity index (χ0) is 19.6. The topological polar surface area (TPSA) is 71.1 Å². The minimum atomic E-state index is -0.171. The summed E-state index contributed by atoms with van der Waals surface area (Å²) in [6.45, 7) is 4.45. The van der Waals surface area contributed by atoms with Gasteiger partial charge in [-0.2, -0.15) is 0 Å². The maximum absolute atomic E-state index is 12.9. The molecule has 1 aromatic carbocycles. The predicted molar refractivity (Wildman–Crippen MR) is 105 cm³/mol. The van der Waals surface area contributed by atoms with Crippen LogP contribution in [-0.4, -0.2) is 74.1 Å². The van der Waals surface area contributed by atoms with Crippen molar-refractivity contribution in [2.45, 2.75) is 31.8 Å². The normalized spacial score (nSPS) is 18.7. The van der Waals surface area contributed by atoms with Crippen molar-refractivity contribution in [3.63, 3.8) is 0 Å². The summed E-state index contributed by atoms with van der Waals surface area (Å²) in [6.07, 6.45) is 2.17. The monoisotopic (exact) mass is 439 g/mol. The van der Waals surface area contributed by atoms with Gasteiger partial charge in [0, 0.05) is 37.8 Å². The highest BCUT2D eigenvalue weighted by atomic mass is 79.9. The van der Waals surface area contributed by atoms with Crippen LogP contribution in [0.1, 0.15) is 30.1 Å². The third-order valence-corrected chi connectivity index (χ3v) is 5.93. The van der Waals surface area contributed by atoms with Crippen LogP contribution in [0.3, 0.4) is 0 Å². The van der Waals surface area contributed by atoms with E-state index < -0.39 is 0 Å². The fourth-order valence-electron chi connectivity index (χ4n) is 3.20. The smallest absolute Gasteiger partial charge is 0.254 e. The molecule has 2 aliphatic rings. The fraction of sp³-hybridized carbons (Fsp3) is 0.579. The lowest BCUT2D eigenvalue weighted by molar-refractivity contribution is -0.126. The Morgan fingerprint density at radius 1 is 1.11 bits per heavy atom. The first-order valence-corrected chi connectivity index (χ1v) is 9.99. The van der Waals surface area contributed by atoms with E-state index in [0.717, 1.165) is 12.8 Å². The van der Waals surface area contributed by atoms with E-state index in [0.29, 0.717) is 53.8 Å². The maximum atomic E-state index is 12.9. The predicted octanol–water partition coefficient (Wildman–Crippen LogP) is 1.89. The quantitative estimate of drug-likeness (QED) is 0.732. The van der Waals surface area contributed by atoms with Crippen molar-refractivity contribution in [3.05, 3.63) is 22.2 Å². The summed E-state index contributed by atoms with van der Waals surface area (Å²) < 4.78 is 11.3. The molecule has 1 saturated carbocycles. The second-order valence-corrected chi connectivity index (χ2v) is 7.77. The molecule has 2 fully saturated rings. The number of rotatable bonds is 6. The number of carbonyl (C=O) groups is 2. The second kappa shape index (κ2) is 8.48. The lowest BCUT2D eigenvalue weighted by atomic mass is 10.1. The van der Waals surface area contributed by atoms with Crippen LogP contribution >= 0.6 is 15.9 Å². The van der Waals surface area contributed by atoms with Gasteiger partial charge in [0.2, 0.25) is 5.91 Å². The number of ether oxygens (including phenoxy) is 2. The molecule has 27 heavy (non-hydrogen) atoms. The summed E-state index contributed by atoms with van der Waals surface area (Å²) in [4.78, 5) is 29.1. The third kappa shape index (κ3) is 4.55. The van der Waals surface area contributed by atoms with Gasteiger partial charge in [-0.1, -0.05) is 0 Å².